The highest BCUT2D eigenvalue weighted by Crippen LogP contribution is 2.39. The molecule has 4 rings (SSSR count). The first-order chi connectivity index (χ1) is 16.1. The second-order valence-corrected chi connectivity index (χ2v) is 10.4. The number of carbonyl (C=O) groups is 2. The molecule has 3 aromatic rings. The van der Waals surface area contributed by atoms with Crippen molar-refractivity contribution >= 4 is 34.9 Å². The fraction of sp³-hybridized carbons (Fsp3) is 0.333. The molecule has 0 saturated carbocycles. The highest BCUT2D eigenvalue weighted by atomic mass is 32.2. The summed E-state index contributed by atoms with van der Waals surface area (Å²) < 4.78 is 0. The second-order valence-electron chi connectivity index (χ2n) is 8.31. The number of nitrogens with zero attached hydrogens (tertiary/aromatic N) is 2. The van der Waals surface area contributed by atoms with Gasteiger partial charge in [-0.25, -0.2) is 0 Å². The summed E-state index contributed by atoms with van der Waals surface area (Å²) in [5.41, 5.74) is 3.57. The molecule has 0 fully saturated rings. The van der Waals surface area contributed by atoms with Crippen molar-refractivity contribution in [2.24, 2.45) is 0 Å². The average Bonchev–Trinajstić information content (AvgIpc) is 3.32. The first kappa shape index (κ1) is 23.6. The Balaban J connectivity index is 1.52. The van der Waals surface area contributed by atoms with E-state index in [2.05, 4.69) is 30.5 Å². The minimum atomic E-state index is -0.0917. The molecule has 2 aromatic carbocycles. The van der Waals surface area contributed by atoms with Gasteiger partial charge in [-0.2, -0.15) is 0 Å². The van der Waals surface area contributed by atoms with Crippen LogP contribution in [0.4, 0.5) is 0 Å². The molecule has 0 spiro atoms. The molecule has 4 nitrogen and oxygen atoms in total. The molecule has 1 aliphatic rings. The molecular formula is C27H30N2O2S2. The smallest absolute Gasteiger partial charge is 0.242 e. The van der Waals surface area contributed by atoms with Gasteiger partial charge in [0.2, 0.25) is 11.8 Å². The summed E-state index contributed by atoms with van der Waals surface area (Å²) >= 11 is 3.29. The highest BCUT2D eigenvalue weighted by molar-refractivity contribution is 8.00. The summed E-state index contributed by atoms with van der Waals surface area (Å²) in [6.45, 7) is 5.55. The number of benzene rings is 2. The van der Waals surface area contributed by atoms with E-state index in [-0.39, 0.29) is 24.4 Å². The average molecular weight is 479 g/mol. The normalized spacial score (nSPS) is 15.2. The fourth-order valence-electron chi connectivity index (χ4n) is 4.38. The summed E-state index contributed by atoms with van der Waals surface area (Å²) in [5, 5.41) is 2.12. The monoisotopic (exact) mass is 478 g/mol. The van der Waals surface area contributed by atoms with E-state index in [9.17, 15) is 9.59 Å². The molecule has 1 aliphatic heterocycles. The Bertz CT molecular complexity index is 1100. The van der Waals surface area contributed by atoms with Gasteiger partial charge in [0, 0.05) is 22.9 Å². The van der Waals surface area contributed by atoms with Gasteiger partial charge in [0.15, 0.2) is 0 Å². The van der Waals surface area contributed by atoms with Crippen molar-refractivity contribution in [2.45, 2.75) is 37.6 Å². The van der Waals surface area contributed by atoms with Crippen LogP contribution in [-0.2, 0) is 16.0 Å². The zero-order valence-electron chi connectivity index (χ0n) is 19.2. The van der Waals surface area contributed by atoms with Gasteiger partial charge in [0.1, 0.15) is 0 Å². The minimum Gasteiger partial charge on any atom is -0.333 e. The van der Waals surface area contributed by atoms with Crippen LogP contribution < -0.4 is 0 Å². The van der Waals surface area contributed by atoms with Crippen molar-refractivity contribution in [3.63, 3.8) is 0 Å². The van der Waals surface area contributed by atoms with Crippen LogP contribution in [0.15, 0.2) is 70.9 Å². The summed E-state index contributed by atoms with van der Waals surface area (Å²) in [5.74, 6) is 0.374. The molecule has 33 heavy (non-hydrogen) atoms. The van der Waals surface area contributed by atoms with E-state index < -0.39 is 0 Å². The van der Waals surface area contributed by atoms with Crippen LogP contribution in [0, 0.1) is 6.92 Å². The number of carbonyl (C=O) groups excluding carboxylic acids is 2. The summed E-state index contributed by atoms with van der Waals surface area (Å²) in [6.07, 6.45) is 1.69. The molecule has 2 heterocycles. The number of fused-ring (bicyclic) bond motifs is 1. The van der Waals surface area contributed by atoms with E-state index in [0.717, 1.165) is 17.7 Å². The van der Waals surface area contributed by atoms with E-state index in [0.29, 0.717) is 18.8 Å². The van der Waals surface area contributed by atoms with Gasteiger partial charge in [0.25, 0.3) is 0 Å². The third-order valence-electron chi connectivity index (χ3n) is 6.05. The SMILES string of the molecule is CCCN(CC(=O)N1CCc2sccc2C1c1ccccc1C)C(=O)CSc1ccccc1. The third-order valence-corrected chi connectivity index (χ3v) is 8.04. The molecule has 0 radical (unpaired) electrons. The van der Waals surface area contributed by atoms with Gasteiger partial charge in [-0.05, 0) is 60.0 Å². The van der Waals surface area contributed by atoms with Crippen LogP contribution in [0.3, 0.4) is 0 Å². The van der Waals surface area contributed by atoms with Crippen molar-refractivity contribution in [2.75, 3.05) is 25.4 Å². The van der Waals surface area contributed by atoms with E-state index >= 15 is 0 Å². The zero-order chi connectivity index (χ0) is 23.2. The van der Waals surface area contributed by atoms with Crippen molar-refractivity contribution in [1.29, 1.82) is 0 Å². The van der Waals surface area contributed by atoms with Gasteiger partial charge in [-0.15, -0.1) is 23.1 Å². The summed E-state index contributed by atoms with van der Waals surface area (Å²) in [4.78, 5) is 32.8. The lowest BCUT2D eigenvalue weighted by atomic mass is 9.90. The molecule has 0 N–H and O–H groups in total. The number of thioether (sulfide) groups is 1. The molecule has 0 saturated heterocycles. The van der Waals surface area contributed by atoms with Gasteiger partial charge < -0.3 is 9.80 Å². The van der Waals surface area contributed by atoms with Crippen molar-refractivity contribution in [3.05, 3.63) is 87.6 Å². The molecular weight excluding hydrogens is 448 g/mol. The molecule has 0 bridgehead atoms. The molecule has 6 heteroatoms. The van der Waals surface area contributed by atoms with Gasteiger partial charge in [-0.1, -0.05) is 49.4 Å². The van der Waals surface area contributed by atoms with Crippen molar-refractivity contribution in [1.82, 2.24) is 9.80 Å². The van der Waals surface area contributed by atoms with Gasteiger partial charge in [0.05, 0.1) is 18.3 Å². The zero-order valence-corrected chi connectivity index (χ0v) is 20.8. The Morgan fingerprint density at radius 3 is 2.58 bits per heavy atom. The largest absolute Gasteiger partial charge is 0.333 e. The van der Waals surface area contributed by atoms with Crippen LogP contribution in [0.25, 0.3) is 0 Å². The lowest BCUT2D eigenvalue weighted by molar-refractivity contribution is -0.140. The topological polar surface area (TPSA) is 40.6 Å². The number of aryl methyl sites for hydroxylation is 1. The highest BCUT2D eigenvalue weighted by Gasteiger charge is 2.34. The fourth-order valence-corrected chi connectivity index (χ4v) is 6.11. The van der Waals surface area contributed by atoms with Crippen LogP contribution in [0.2, 0.25) is 0 Å². The standard InChI is InChI=1S/C27H30N2O2S2/c1-3-15-28(26(31)19-33-21-10-5-4-6-11-21)18-25(30)29-16-13-24-23(14-17-32-24)27(29)22-12-8-7-9-20(22)2/h4-12,14,17,27H,3,13,15-16,18-19H2,1-2H3. The summed E-state index contributed by atoms with van der Waals surface area (Å²) in [6, 6.07) is 20.3. The maximum absolute atomic E-state index is 13.6. The van der Waals surface area contributed by atoms with Crippen LogP contribution in [-0.4, -0.2) is 47.0 Å². The van der Waals surface area contributed by atoms with Crippen molar-refractivity contribution in [3.8, 4) is 0 Å². The number of amides is 2. The maximum Gasteiger partial charge on any atom is 0.242 e. The second kappa shape index (κ2) is 11.0. The molecule has 1 unspecified atom stereocenters. The van der Waals surface area contributed by atoms with E-state index in [1.807, 2.05) is 54.3 Å². The number of thiophene rings is 1. The summed E-state index contributed by atoms with van der Waals surface area (Å²) in [7, 11) is 0. The Morgan fingerprint density at radius 1 is 1.06 bits per heavy atom. The van der Waals surface area contributed by atoms with Crippen molar-refractivity contribution < 1.29 is 9.59 Å². The third kappa shape index (κ3) is 5.50. The van der Waals surface area contributed by atoms with Crippen LogP contribution in [0.1, 0.15) is 41.0 Å². The van der Waals surface area contributed by atoms with E-state index in [1.54, 1.807) is 16.2 Å². The molecule has 1 atom stereocenters. The lowest BCUT2D eigenvalue weighted by Gasteiger charge is -2.38. The van der Waals surface area contributed by atoms with Gasteiger partial charge in [-0.3, -0.25) is 9.59 Å². The molecule has 0 aliphatic carbocycles. The number of hydrogen-bond donors (Lipinski definition) is 0. The quantitative estimate of drug-likeness (QED) is 0.398. The Morgan fingerprint density at radius 2 is 1.82 bits per heavy atom. The Kier molecular flexibility index (Phi) is 7.89. The molecule has 2 amide bonds. The number of rotatable bonds is 8. The molecule has 172 valence electrons. The lowest BCUT2D eigenvalue weighted by Crippen LogP contribution is -2.47. The van der Waals surface area contributed by atoms with Crippen LogP contribution in [0.5, 0.6) is 0 Å². The maximum atomic E-state index is 13.6. The van der Waals surface area contributed by atoms with E-state index in [4.69, 9.17) is 0 Å². The first-order valence-corrected chi connectivity index (χ1v) is 13.3. The Hall–Kier alpha value is -2.57. The predicted molar refractivity (Wildman–Crippen MR) is 137 cm³/mol. The number of hydrogen-bond acceptors (Lipinski definition) is 4. The first-order valence-electron chi connectivity index (χ1n) is 11.5. The molecule has 1 aromatic heterocycles. The van der Waals surface area contributed by atoms with Crippen LogP contribution >= 0.6 is 23.1 Å². The predicted octanol–water partition coefficient (Wildman–Crippen LogP) is 5.56. The Labute approximate surface area is 204 Å². The van der Waals surface area contributed by atoms with E-state index in [1.165, 1.54) is 33.3 Å². The van der Waals surface area contributed by atoms with Gasteiger partial charge >= 0.3 is 0 Å². The minimum absolute atomic E-state index is 0.0136.